The largest absolute Gasteiger partial charge is 0.439 e. The minimum Gasteiger partial charge on any atom is -0.439 e. The van der Waals surface area contributed by atoms with E-state index in [1.54, 1.807) is 18.5 Å². The predicted molar refractivity (Wildman–Crippen MR) is 151 cm³/mol. The van der Waals surface area contributed by atoms with Gasteiger partial charge in [0, 0.05) is 30.9 Å². The van der Waals surface area contributed by atoms with Crippen LogP contribution < -0.4 is 15.4 Å². The van der Waals surface area contributed by atoms with Crippen molar-refractivity contribution < 1.29 is 14.6 Å². The van der Waals surface area contributed by atoms with E-state index in [4.69, 9.17) is 4.74 Å². The topological polar surface area (TPSA) is 114 Å². The third-order valence-corrected chi connectivity index (χ3v) is 6.78. The number of anilines is 2. The van der Waals surface area contributed by atoms with Gasteiger partial charge >= 0.3 is 0 Å². The third-order valence-electron chi connectivity index (χ3n) is 6.78. The molecule has 0 saturated carbocycles. The lowest BCUT2D eigenvalue weighted by molar-refractivity contribution is -0.111. The number of aromatic nitrogens is 4. The van der Waals surface area contributed by atoms with Crippen molar-refractivity contribution in [2.75, 3.05) is 17.2 Å². The smallest absolute Gasteiger partial charge is 0.247 e. The van der Waals surface area contributed by atoms with Crippen LogP contribution in [-0.4, -0.2) is 37.1 Å². The lowest BCUT2D eigenvalue weighted by atomic mass is 9.92. The standard InChI is InChI=1S/C30H26N6O3/c1-3-24(38)34-20-9-7-18(8-10-20)28-26-23-12-11-22(39-25-6-4-5-21(16-37)35-25)15-19(23)13-14-31-29-27(26)30(36(28)2)33-17-32-29/h3-12,15,17,37H,1,13-14,16H2,2H3,(H,34,38)(H,31,32,33). The first-order valence-corrected chi connectivity index (χ1v) is 12.5. The van der Waals surface area contributed by atoms with E-state index in [2.05, 4.69) is 42.8 Å². The van der Waals surface area contributed by atoms with Crippen LogP contribution in [0.5, 0.6) is 11.6 Å². The van der Waals surface area contributed by atoms with Gasteiger partial charge < -0.3 is 25.0 Å². The summed E-state index contributed by atoms with van der Waals surface area (Å²) >= 11 is 0. The molecule has 1 aliphatic rings. The normalized spacial score (nSPS) is 12.2. The van der Waals surface area contributed by atoms with Crippen LogP contribution in [0.3, 0.4) is 0 Å². The number of hydrogen-bond donors (Lipinski definition) is 3. The number of pyridine rings is 1. The second kappa shape index (κ2) is 10.0. The lowest BCUT2D eigenvalue weighted by Gasteiger charge is -2.18. The number of carbonyl (C=O) groups is 1. The zero-order chi connectivity index (χ0) is 26.9. The van der Waals surface area contributed by atoms with Crippen LogP contribution >= 0.6 is 0 Å². The number of benzene rings is 2. The highest BCUT2D eigenvalue weighted by molar-refractivity contribution is 6.09. The number of aliphatic hydroxyl groups excluding tert-OH is 1. The summed E-state index contributed by atoms with van der Waals surface area (Å²) in [5, 5.41) is 16.7. The van der Waals surface area contributed by atoms with Crippen molar-refractivity contribution in [2.45, 2.75) is 13.0 Å². The highest BCUT2D eigenvalue weighted by atomic mass is 16.5. The maximum absolute atomic E-state index is 11.8. The Morgan fingerprint density at radius 2 is 2.03 bits per heavy atom. The van der Waals surface area contributed by atoms with E-state index in [9.17, 15) is 9.90 Å². The summed E-state index contributed by atoms with van der Waals surface area (Å²) in [7, 11) is 2.00. The fourth-order valence-electron chi connectivity index (χ4n) is 5.01. The molecule has 0 atom stereocenters. The Labute approximate surface area is 224 Å². The monoisotopic (exact) mass is 518 g/mol. The molecule has 0 radical (unpaired) electrons. The van der Waals surface area contributed by atoms with Gasteiger partial charge in [-0.05, 0) is 59.5 Å². The summed E-state index contributed by atoms with van der Waals surface area (Å²) in [6.07, 6.45) is 3.58. The molecule has 3 aromatic heterocycles. The number of nitrogens with one attached hydrogen (secondary N) is 2. The highest BCUT2D eigenvalue weighted by Crippen LogP contribution is 2.45. The van der Waals surface area contributed by atoms with Gasteiger partial charge in [0.25, 0.3) is 0 Å². The number of amides is 1. The van der Waals surface area contributed by atoms with E-state index in [-0.39, 0.29) is 12.5 Å². The molecule has 0 spiro atoms. The number of hydrogen-bond acceptors (Lipinski definition) is 7. The molecule has 194 valence electrons. The Kier molecular flexibility index (Phi) is 6.26. The molecule has 1 amide bonds. The zero-order valence-electron chi connectivity index (χ0n) is 21.3. The van der Waals surface area contributed by atoms with Gasteiger partial charge in [0.15, 0.2) is 0 Å². The summed E-state index contributed by atoms with van der Waals surface area (Å²) < 4.78 is 8.14. The molecular formula is C30H26N6O3. The maximum Gasteiger partial charge on any atom is 0.247 e. The maximum atomic E-state index is 11.8. The van der Waals surface area contributed by atoms with E-state index < -0.39 is 0 Å². The SMILES string of the molecule is C=CC(=O)Nc1ccc(-c2c3c4c(ncnc4n2C)NCCc2cc(Oc4cccc(CO)n4)ccc2-3)cc1. The Balaban J connectivity index is 1.49. The van der Waals surface area contributed by atoms with Crippen molar-refractivity contribution >= 4 is 28.4 Å². The van der Waals surface area contributed by atoms with Crippen LogP contribution in [0.1, 0.15) is 11.3 Å². The highest BCUT2D eigenvalue weighted by Gasteiger charge is 2.26. The predicted octanol–water partition coefficient (Wildman–Crippen LogP) is 5.07. The van der Waals surface area contributed by atoms with Crippen LogP contribution in [0.25, 0.3) is 33.4 Å². The molecule has 0 bridgehead atoms. The zero-order valence-corrected chi connectivity index (χ0v) is 21.3. The molecule has 9 nitrogen and oxygen atoms in total. The van der Waals surface area contributed by atoms with Gasteiger partial charge in [-0.1, -0.05) is 30.8 Å². The first-order valence-electron chi connectivity index (χ1n) is 12.5. The number of fused-ring (bicyclic) bond motifs is 2. The van der Waals surface area contributed by atoms with Crippen molar-refractivity contribution in [3.63, 3.8) is 0 Å². The number of aliphatic hydroxyl groups is 1. The van der Waals surface area contributed by atoms with Crippen molar-refractivity contribution in [3.8, 4) is 34.0 Å². The number of carbonyl (C=O) groups excluding carboxylic acids is 1. The van der Waals surface area contributed by atoms with Crippen molar-refractivity contribution in [1.82, 2.24) is 19.5 Å². The van der Waals surface area contributed by atoms with Crippen LogP contribution in [-0.2, 0) is 24.9 Å². The molecule has 2 aromatic carbocycles. The summed E-state index contributed by atoms with van der Waals surface area (Å²) in [6.45, 7) is 4.06. The van der Waals surface area contributed by atoms with Gasteiger partial charge in [-0.15, -0.1) is 0 Å². The Hall–Kier alpha value is -5.02. The Morgan fingerprint density at radius 1 is 1.18 bits per heavy atom. The first-order chi connectivity index (χ1) is 19.1. The molecule has 1 aliphatic heterocycles. The second-order valence-corrected chi connectivity index (χ2v) is 9.20. The van der Waals surface area contributed by atoms with E-state index in [0.29, 0.717) is 29.6 Å². The average molecular weight is 519 g/mol. The minimum atomic E-state index is -0.258. The fourth-order valence-corrected chi connectivity index (χ4v) is 5.01. The van der Waals surface area contributed by atoms with Crippen LogP contribution in [0.4, 0.5) is 11.5 Å². The quantitative estimate of drug-likeness (QED) is 0.269. The van der Waals surface area contributed by atoms with E-state index in [1.807, 2.05) is 49.5 Å². The van der Waals surface area contributed by atoms with Gasteiger partial charge in [0.05, 0.1) is 23.4 Å². The summed E-state index contributed by atoms with van der Waals surface area (Å²) in [4.78, 5) is 25.3. The molecule has 0 unspecified atom stereocenters. The van der Waals surface area contributed by atoms with Crippen molar-refractivity contribution in [1.29, 1.82) is 0 Å². The first kappa shape index (κ1) is 24.3. The molecule has 4 heterocycles. The number of rotatable bonds is 6. The Morgan fingerprint density at radius 3 is 2.82 bits per heavy atom. The molecule has 3 N–H and O–H groups in total. The molecular weight excluding hydrogens is 492 g/mol. The van der Waals surface area contributed by atoms with Gasteiger partial charge in [-0.25, -0.2) is 15.0 Å². The number of ether oxygens (including phenoxy) is 1. The average Bonchev–Trinajstić information content (AvgIpc) is 3.25. The Bertz CT molecular complexity index is 1730. The van der Waals surface area contributed by atoms with E-state index in [1.165, 1.54) is 6.08 Å². The second-order valence-electron chi connectivity index (χ2n) is 9.20. The summed E-state index contributed by atoms with van der Waals surface area (Å²) in [5.74, 6) is 1.63. The van der Waals surface area contributed by atoms with E-state index in [0.717, 1.165) is 51.2 Å². The van der Waals surface area contributed by atoms with E-state index >= 15 is 0 Å². The minimum absolute atomic E-state index is 0.150. The molecule has 5 aromatic rings. The number of nitrogens with zero attached hydrogens (tertiary/aromatic N) is 4. The van der Waals surface area contributed by atoms with Gasteiger partial charge in [-0.2, -0.15) is 0 Å². The van der Waals surface area contributed by atoms with Gasteiger partial charge in [0.1, 0.15) is 23.5 Å². The molecule has 0 fully saturated rings. The summed E-state index contributed by atoms with van der Waals surface area (Å²) in [6, 6.07) is 19.1. The van der Waals surface area contributed by atoms with Crippen molar-refractivity contribution in [3.05, 3.63) is 90.9 Å². The van der Waals surface area contributed by atoms with Crippen LogP contribution in [0, 0.1) is 0 Å². The molecule has 6 rings (SSSR count). The third kappa shape index (κ3) is 4.49. The van der Waals surface area contributed by atoms with Crippen molar-refractivity contribution in [2.24, 2.45) is 7.05 Å². The fraction of sp³-hybridized carbons (Fsp3) is 0.133. The lowest BCUT2D eigenvalue weighted by Crippen LogP contribution is -2.10. The number of aryl methyl sites for hydroxylation is 1. The summed E-state index contributed by atoms with van der Waals surface area (Å²) in [5.41, 5.74) is 7.23. The molecule has 9 heteroatoms. The van der Waals surface area contributed by atoms with Gasteiger partial charge in [0.2, 0.25) is 11.8 Å². The molecule has 39 heavy (non-hydrogen) atoms. The molecule has 0 saturated heterocycles. The molecule has 0 aliphatic carbocycles. The van der Waals surface area contributed by atoms with Crippen LogP contribution in [0.2, 0.25) is 0 Å². The van der Waals surface area contributed by atoms with Gasteiger partial charge in [-0.3, -0.25) is 4.79 Å². The van der Waals surface area contributed by atoms with Crippen LogP contribution in [0.15, 0.2) is 79.6 Å².